The van der Waals surface area contributed by atoms with E-state index in [1.807, 2.05) is 29.3 Å². The number of urea groups is 1. The van der Waals surface area contributed by atoms with Crippen molar-refractivity contribution in [1.29, 1.82) is 0 Å². The number of anilines is 1. The van der Waals surface area contributed by atoms with Gasteiger partial charge in [0.05, 0.1) is 0 Å². The molecule has 0 saturated carbocycles. The summed E-state index contributed by atoms with van der Waals surface area (Å²) in [5, 5.41) is 11.1. The van der Waals surface area contributed by atoms with Gasteiger partial charge in [-0.3, -0.25) is 0 Å². The van der Waals surface area contributed by atoms with E-state index in [-0.39, 0.29) is 6.03 Å². The molecule has 0 radical (unpaired) electrons. The summed E-state index contributed by atoms with van der Waals surface area (Å²) in [7, 11) is 1.78. The van der Waals surface area contributed by atoms with Crippen LogP contribution in [-0.4, -0.2) is 44.5 Å². The van der Waals surface area contributed by atoms with Crippen LogP contribution in [0.2, 0.25) is 0 Å². The third kappa shape index (κ3) is 5.26. The molecule has 0 aliphatic carbocycles. The minimum absolute atomic E-state index is 0.117. The van der Waals surface area contributed by atoms with E-state index >= 15 is 0 Å². The topological polar surface area (TPSA) is 63.1 Å². The second-order valence-electron chi connectivity index (χ2n) is 5.86. The highest BCUT2D eigenvalue weighted by Gasteiger charge is 2.11. The molecule has 0 aliphatic heterocycles. The van der Waals surface area contributed by atoms with Crippen molar-refractivity contribution >= 4 is 23.5 Å². The largest absolute Gasteiger partial charge is 0.326 e. The Kier molecular flexibility index (Phi) is 6.66. The molecule has 0 fully saturated rings. The number of nitrogens with zero attached hydrogens (tertiary/aromatic N) is 4. The van der Waals surface area contributed by atoms with Gasteiger partial charge in [0, 0.05) is 36.0 Å². The maximum Gasteiger partial charge on any atom is 0.321 e. The van der Waals surface area contributed by atoms with Crippen molar-refractivity contribution in [1.82, 2.24) is 19.7 Å². The average Bonchev–Trinajstić information content (AvgIpc) is 3.08. The maximum absolute atomic E-state index is 12.3. The third-order valence-corrected chi connectivity index (χ3v) is 5.12. The summed E-state index contributed by atoms with van der Waals surface area (Å²) in [6, 6.07) is 6.06. The predicted molar refractivity (Wildman–Crippen MR) is 98.5 cm³/mol. The van der Waals surface area contributed by atoms with E-state index in [4.69, 9.17) is 0 Å². The number of carbonyl (C=O) groups is 1. The van der Waals surface area contributed by atoms with Gasteiger partial charge in [0.1, 0.15) is 12.7 Å². The van der Waals surface area contributed by atoms with Gasteiger partial charge in [-0.25, -0.2) is 4.79 Å². The molecule has 2 amide bonds. The Morgan fingerprint density at radius 2 is 2.08 bits per heavy atom. The molecule has 6 nitrogen and oxygen atoms in total. The van der Waals surface area contributed by atoms with E-state index in [0.717, 1.165) is 17.7 Å². The summed E-state index contributed by atoms with van der Waals surface area (Å²) in [6.45, 7) is 7.69. The molecule has 7 heteroatoms. The molecule has 1 heterocycles. The minimum atomic E-state index is -0.117. The Balaban J connectivity index is 1.90. The lowest BCUT2D eigenvalue weighted by Crippen LogP contribution is -2.33. The van der Waals surface area contributed by atoms with Gasteiger partial charge in [0.15, 0.2) is 0 Å². The van der Waals surface area contributed by atoms with Crippen molar-refractivity contribution in [2.24, 2.45) is 0 Å². The first kappa shape index (κ1) is 18.3. The first-order chi connectivity index (χ1) is 11.5. The first-order valence-corrected chi connectivity index (χ1v) is 8.99. The summed E-state index contributed by atoms with van der Waals surface area (Å²) < 4.78 is 1.84. The standard InChI is InChI=1S/C17H25N5OS/c1-5-14(3)24-15-6-7-16(13(2)10-15)20-17(23)21(4)8-9-22-11-18-19-12-22/h6-7,10-12,14H,5,8-9H2,1-4H3,(H,20,23). The highest BCUT2D eigenvalue weighted by Crippen LogP contribution is 2.28. The Labute approximate surface area is 147 Å². The Morgan fingerprint density at radius 3 is 2.71 bits per heavy atom. The fraction of sp³-hybridized carbons (Fsp3) is 0.471. The highest BCUT2D eigenvalue weighted by atomic mass is 32.2. The number of thioether (sulfide) groups is 1. The number of hydrogen-bond acceptors (Lipinski definition) is 4. The number of nitrogens with one attached hydrogen (secondary N) is 1. The summed E-state index contributed by atoms with van der Waals surface area (Å²) in [5.41, 5.74) is 1.92. The van der Waals surface area contributed by atoms with Crippen molar-refractivity contribution in [3.63, 3.8) is 0 Å². The van der Waals surface area contributed by atoms with Crippen LogP contribution in [0.3, 0.4) is 0 Å². The third-order valence-electron chi connectivity index (χ3n) is 3.86. The van der Waals surface area contributed by atoms with Gasteiger partial charge in [-0.2, -0.15) is 0 Å². The Hall–Kier alpha value is -2.02. The fourth-order valence-corrected chi connectivity index (χ4v) is 3.10. The summed E-state index contributed by atoms with van der Waals surface area (Å²) in [5.74, 6) is 0. The van der Waals surface area contributed by atoms with Crippen LogP contribution in [0.25, 0.3) is 0 Å². The van der Waals surface area contributed by atoms with Gasteiger partial charge >= 0.3 is 6.03 Å². The van der Waals surface area contributed by atoms with Crippen LogP contribution in [0.4, 0.5) is 10.5 Å². The maximum atomic E-state index is 12.3. The molecule has 1 aromatic carbocycles. The number of carbonyl (C=O) groups excluding carboxylic acids is 1. The van der Waals surface area contributed by atoms with Crippen LogP contribution in [0, 0.1) is 6.92 Å². The van der Waals surface area contributed by atoms with E-state index in [1.54, 1.807) is 24.6 Å². The molecule has 1 unspecified atom stereocenters. The van der Waals surface area contributed by atoms with Gasteiger partial charge in [0.2, 0.25) is 0 Å². The number of amides is 2. The van der Waals surface area contributed by atoms with E-state index in [1.165, 1.54) is 4.90 Å². The second-order valence-corrected chi connectivity index (χ2v) is 7.38. The molecular formula is C17H25N5OS. The first-order valence-electron chi connectivity index (χ1n) is 8.11. The Bertz CT molecular complexity index is 659. The quantitative estimate of drug-likeness (QED) is 0.777. The van der Waals surface area contributed by atoms with Gasteiger partial charge < -0.3 is 14.8 Å². The fourth-order valence-electron chi connectivity index (χ4n) is 2.08. The Morgan fingerprint density at radius 1 is 1.38 bits per heavy atom. The van der Waals surface area contributed by atoms with Crippen molar-refractivity contribution in [2.75, 3.05) is 18.9 Å². The zero-order valence-electron chi connectivity index (χ0n) is 14.7. The zero-order valence-corrected chi connectivity index (χ0v) is 15.5. The van der Waals surface area contributed by atoms with E-state index < -0.39 is 0 Å². The number of hydrogen-bond donors (Lipinski definition) is 1. The highest BCUT2D eigenvalue weighted by molar-refractivity contribution is 7.99. The molecule has 1 N–H and O–H groups in total. The number of rotatable bonds is 7. The SMILES string of the molecule is CCC(C)Sc1ccc(NC(=O)N(C)CCn2cnnc2)c(C)c1. The number of benzene rings is 1. The molecule has 130 valence electrons. The van der Waals surface area contributed by atoms with Crippen LogP contribution in [-0.2, 0) is 6.54 Å². The van der Waals surface area contributed by atoms with Crippen molar-refractivity contribution in [3.05, 3.63) is 36.4 Å². The molecule has 24 heavy (non-hydrogen) atoms. The predicted octanol–water partition coefficient (Wildman–Crippen LogP) is 3.64. The molecule has 0 saturated heterocycles. The number of likely N-dealkylation sites (N-methyl/N-ethyl adjacent to an activating group) is 1. The van der Waals surface area contributed by atoms with E-state index in [9.17, 15) is 4.79 Å². The lowest BCUT2D eigenvalue weighted by Gasteiger charge is -2.19. The van der Waals surface area contributed by atoms with Crippen LogP contribution in [0.5, 0.6) is 0 Å². The van der Waals surface area contributed by atoms with Crippen molar-refractivity contribution in [3.8, 4) is 0 Å². The molecular weight excluding hydrogens is 322 g/mol. The molecule has 2 rings (SSSR count). The van der Waals surface area contributed by atoms with E-state index in [2.05, 4.69) is 41.5 Å². The van der Waals surface area contributed by atoms with Crippen molar-refractivity contribution in [2.45, 2.75) is 43.9 Å². The van der Waals surface area contributed by atoms with Crippen LogP contribution in [0.15, 0.2) is 35.7 Å². The van der Waals surface area contributed by atoms with Gasteiger partial charge in [-0.1, -0.05) is 13.8 Å². The van der Waals surface area contributed by atoms with Crippen LogP contribution < -0.4 is 5.32 Å². The summed E-state index contributed by atoms with van der Waals surface area (Å²) in [6.07, 6.45) is 4.42. The summed E-state index contributed by atoms with van der Waals surface area (Å²) >= 11 is 1.86. The smallest absolute Gasteiger partial charge is 0.321 e. The van der Waals surface area contributed by atoms with Gasteiger partial charge in [-0.15, -0.1) is 22.0 Å². The molecule has 2 aromatic rings. The molecule has 1 atom stereocenters. The normalized spacial score (nSPS) is 12.0. The number of aryl methyl sites for hydroxylation is 1. The molecule has 0 aliphatic rings. The molecule has 0 bridgehead atoms. The van der Waals surface area contributed by atoms with Crippen LogP contribution in [0.1, 0.15) is 25.8 Å². The number of aromatic nitrogens is 3. The van der Waals surface area contributed by atoms with Crippen molar-refractivity contribution < 1.29 is 4.79 Å². The lowest BCUT2D eigenvalue weighted by atomic mass is 10.2. The minimum Gasteiger partial charge on any atom is -0.326 e. The van der Waals surface area contributed by atoms with E-state index in [0.29, 0.717) is 18.3 Å². The zero-order chi connectivity index (χ0) is 17.5. The molecule has 1 aromatic heterocycles. The second kappa shape index (κ2) is 8.73. The molecule has 0 spiro atoms. The lowest BCUT2D eigenvalue weighted by molar-refractivity contribution is 0.220. The van der Waals surface area contributed by atoms with Gasteiger partial charge in [-0.05, 0) is 37.1 Å². The summed E-state index contributed by atoms with van der Waals surface area (Å²) in [4.78, 5) is 15.2. The monoisotopic (exact) mass is 347 g/mol. The average molecular weight is 347 g/mol. The van der Waals surface area contributed by atoms with Crippen LogP contribution >= 0.6 is 11.8 Å². The van der Waals surface area contributed by atoms with Gasteiger partial charge in [0.25, 0.3) is 0 Å².